The maximum atomic E-state index is 11.6. The summed E-state index contributed by atoms with van der Waals surface area (Å²) in [6.45, 7) is 2.04. The molecule has 3 nitrogen and oxygen atoms in total. The molecular formula is C13H17NO2. The Morgan fingerprint density at radius 1 is 1.38 bits per heavy atom. The van der Waals surface area contributed by atoms with Crippen LogP contribution in [0.5, 0.6) is 0 Å². The summed E-state index contributed by atoms with van der Waals surface area (Å²) < 4.78 is 5.10. The zero-order chi connectivity index (χ0) is 11.8. The Kier molecular flexibility index (Phi) is 5.12. The van der Waals surface area contributed by atoms with E-state index >= 15 is 0 Å². The molecule has 0 aliphatic rings. The summed E-state index contributed by atoms with van der Waals surface area (Å²) in [5.41, 5.74) is 0.788. The lowest BCUT2D eigenvalue weighted by molar-refractivity contribution is -0.112. The summed E-state index contributed by atoms with van der Waals surface area (Å²) in [4.78, 5) is 11.6. The smallest absolute Gasteiger partial charge is 0.251 e. The van der Waals surface area contributed by atoms with E-state index in [9.17, 15) is 4.79 Å². The average Bonchev–Trinajstić information content (AvgIpc) is 2.29. The lowest BCUT2D eigenvalue weighted by Gasteiger charge is -2.05. The Hall–Kier alpha value is -1.77. The maximum Gasteiger partial charge on any atom is 0.251 e. The summed E-state index contributed by atoms with van der Waals surface area (Å²) in [5, 5.41) is 2.77. The van der Waals surface area contributed by atoms with Crippen molar-refractivity contribution in [1.29, 1.82) is 0 Å². The highest BCUT2D eigenvalue weighted by Gasteiger charge is 2.01. The van der Waals surface area contributed by atoms with Gasteiger partial charge in [-0.3, -0.25) is 4.79 Å². The van der Waals surface area contributed by atoms with Crippen LogP contribution in [0.1, 0.15) is 19.8 Å². The minimum Gasteiger partial charge on any atom is -0.501 e. The Morgan fingerprint density at radius 3 is 2.62 bits per heavy atom. The van der Waals surface area contributed by atoms with Gasteiger partial charge >= 0.3 is 0 Å². The number of rotatable bonds is 5. The largest absolute Gasteiger partial charge is 0.501 e. The summed E-state index contributed by atoms with van der Waals surface area (Å²) in [6.07, 6.45) is 3.23. The maximum absolute atomic E-state index is 11.6. The Bertz CT molecular complexity index is 357. The second-order valence-corrected chi connectivity index (χ2v) is 3.42. The highest BCUT2D eigenvalue weighted by Crippen LogP contribution is 2.08. The number of nitrogens with one attached hydrogen (secondary N) is 1. The van der Waals surface area contributed by atoms with Crippen molar-refractivity contribution in [1.82, 2.24) is 0 Å². The topological polar surface area (TPSA) is 38.3 Å². The Balaban J connectivity index is 2.59. The molecular weight excluding hydrogens is 202 g/mol. The van der Waals surface area contributed by atoms with Crippen molar-refractivity contribution in [3.05, 3.63) is 42.2 Å². The number of amides is 1. The summed E-state index contributed by atoms with van der Waals surface area (Å²) >= 11 is 0. The zero-order valence-corrected chi connectivity index (χ0v) is 9.69. The van der Waals surface area contributed by atoms with Crippen LogP contribution in [0.2, 0.25) is 0 Å². The van der Waals surface area contributed by atoms with Gasteiger partial charge in [-0.2, -0.15) is 0 Å². The van der Waals surface area contributed by atoms with Crippen LogP contribution < -0.4 is 5.32 Å². The number of allylic oxidation sites excluding steroid dienone is 1. The fourth-order valence-electron chi connectivity index (χ4n) is 1.33. The van der Waals surface area contributed by atoms with Gasteiger partial charge in [-0.25, -0.2) is 0 Å². The molecule has 0 radical (unpaired) electrons. The number of benzene rings is 1. The third kappa shape index (κ3) is 4.17. The van der Waals surface area contributed by atoms with E-state index in [1.54, 1.807) is 7.11 Å². The van der Waals surface area contributed by atoms with Gasteiger partial charge in [0.05, 0.1) is 7.11 Å². The third-order valence-electron chi connectivity index (χ3n) is 2.09. The Labute approximate surface area is 96.1 Å². The van der Waals surface area contributed by atoms with Crippen LogP contribution in [0.4, 0.5) is 5.69 Å². The van der Waals surface area contributed by atoms with Gasteiger partial charge in [0, 0.05) is 18.2 Å². The number of hydrogen-bond acceptors (Lipinski definition) is 2. The molecule has 0 fully saturated rings. The van der Waals surface area contributed by atoms with Gasteiger partial charge < -0.3 is 10.1 Å². The molecule has 86 valence electrons. The molecule has 0 saturated carbocycles. The Morgan fingerprint density at radius 2 is 2.06 bits per heavy atom. The number of hydrogen-bond donors (Lipinski definition) is 1. The minimum atomic E-state index is -0.156. The molecule has 0 saturated heterocycles. The van der Waals surface area contributed by atoms with E-state index in [1.165, 1.54) is 6.08 Å². The van der Waals surface area contributed by atoms with E-state index in [2.05, 4.69) is 5.32 Å². The number of anilines is 1. The van der Waals surface area contributed by atoms with Crippen LogP contribution in [-0.4, -0.2) is 13.0 Å². The molecule has 1 N–H and O–H groups in total. The van der Waals surface area contributed by atoms with Crippen LogP contribution in [-0.2, 0) is 9.53 Å². The lowest BCUT2D eigenvalue weighted by Crippen LogP contribution is -2.09. The van der Waals surface area contributed by atoms with Crippen LogP contribution >= 0.6 is 0 Å². The second kappa shape index (κ2) is 6.67. The molecule has 1 aromatic rings. The fourth-order valence-corrected chi connectivity index (χ4v) is 1.33. The highest BCUT2D eigenvalue weighted by molar-refractivity contribution is 5.99. The van der Waals surface area contributed by atoms with Crippen molar-refractivity contribution in [2.24, 2.45) is 0 Å². The molecule has 1 amide bonds. The molecule has 1 rings (SSSR count). The first-order chi connectivity index (χ1) is 7.76. The van der Waals surface area contributed by atoms with Crippen molar-refractivity contribution in [2.75, 3.05) is 12.4 Å². The fraction of sp³-hybridized carbons (Fsp3) is 0.308. The van der Waals surface area contributed by atoms with Crippen molar-refractivity contribution < 1.29 is 9.53 Å². The van der Waals surface area contributed by atoms with Gasteiger partial charge in [-0.1, -0.05) is 25.1 Å². The van der Waals surface area contributed by atoms with E-state index in [4.69, 9.17) is 4.74 Å². The van der Waals surface area contributed by atoms with Gasteiger partial charge in [0.2, 0.25) is 0 Å². The third-order valence-corrected chi connectivity index (χ3v) is 2.09. The van der Waals surface area contributed by atoms with Crippen molar-refractivity contribution in [3.8, 4) is 0 Å². The molecule has 0 aliphatic heterocycles. The number of methoxy groups -OCH3 is 1. The first kappa shape index (κ1) is 12.3. The monoisotopic (exact) mass is 219 g/mol. The average molecular weight is 219 g/mol. The van der Waals surface area contributed by atoms with E-state index in [0.717, 1.165) is 18.5 Å². The van der Waals surface area contributed by atoms with Gasteiger partial charge in [0.25, 0.3) is 5.91 Å². The molecule has 0 bridgehead atoms. The molecule has 16 heavy (non-hydrogen) atoms. The number of carbonyl (C=O) groups excluding carboxylic acids is 1. The van der Waals surface area contributed by atoms with Crippen molar-refractivity contribution in [2.45, 2.75) is 19.8 Å². The molecule has 0 heterocycles. The van der Waals surface area contributed by atoms with Gasteiger partial charge in [0.1, 0.15) is 5.76 Å². The number of ether oxygens (including phenoxy) is 1. The van der Waals surface area contributed by atoms with E-state index in [0.29, 0.717) is 5.76 Å². The molecule has 0 aromatic heterocycles. The number of carbonyl (C=O) groups is 1. The molecule has 0 atom stereocenters. The molecule has 1 aromatic carbocycles. The minimum absolute atomic E-state index is 0.156. The normalized spacial score (nSPS) is 11.0. The molecule has 0 spiro atoms. The standard InChI is InChI=1S/C13H17NO2/c1-3-7-12(16-2)10-13(15)14-11-8-5-4-6-9-11/h4-6,8-10H,3,7H2,1-2H3,(H,14,15). The van der Waals surface area contributed by atoms with Crippen LogP contribution in [0.15, 0.2) is 42.2 Å². The summed E-state index contributed by atoms with van der Waals surface area (Å²) in [5.74, 6) is 0.549. The summed E-state index contributed by atoms with van der Waals surface area (Å²) in [6, 6.07) is 9.35. The molecule has 0 unspecified atom stereocenters. The van der Waals surface area contributed by atoms with Crippen LogP contribution in [0.25, 0.3) is 0 Å². The predicted molar refractivity (Wildman–Crippen MR) is 65.1 cm³/mol. The van der Waals surface area contributed by atoms with E-state index in [-0.39, 0.29) is 5.91 Å². The van der Waals surface area contributed by atoms with Crippen LogP contribution in [0, 0.1) is 0 Å². The van der Waals surface area contributed by atoms with E-state index < -0.39 is 0 Å². The van der Waals surface area contributed by atoms with E-state index in [1.807, 2.05) is 37.3 Å². The number of para-hydroxylation sites is 1. The quantitative estimate of drug-likeness (QED) is 0.610. The second-order valence-electron chi connectivity index (χ2n) is 3.42. The van der Waals surface area contributed by atoms with Crippen molar-refractivity contribution in [3.63, 3.8) is 0 Å². The first-order valence-electron chi connectivity index (χ1n) is 5.37. The van der Waals surface area contributed by atoms with Gasteiger partial charge in [-0.05, 0) is 18.6 Å². The highest BCUT2D eigenvalue weighted by atomic mass is 16.5. The summed E-state index contributed by atoms with van der Waals surface area (Å²) in [7, 11) is 1.58. The van der Waals surface area contributed by atoms with Crippen molar-refractivity contribution >= 4 is 11.6 Å². The lowest BCUT2D eigenvalue weighted by atomic mass is 10.2. The SMILES string of the molecule is CCCC(=CC(=O)Nc1ccccc1)OC. The molecule has 3 heteroatoms. The van der Waals surface area contributed by atoms with Crippen LogP contribution in [0.3, 0.4) is 0 Å². The zero-order valence-electron chi connectivity index (χ0n) is 9.69. The van der Waals surface area contributed by atoms with Gasteiger partial charge in [-0.15, -0.1) is 0 Å². The van der Waals surface area contributed by atoms with Gasteiger partial charge in [0.15, 0.2) is 0 Å². The molecule has 0 aliphatic carbocycles. The first-order valence-corrected chi connectivity index (χ1v) is 5.37. The predicted octanol–water partition coefficient (Wildman–Crippen LogP) is 2.96.